The van der Waals surface area contributed by atoms with Gasteiger partial charge in [0.25, 0.3) is 5.91 Å². The summed E-state index contributed by atoms with van der Waals surface area (Å²) in [6.07, 6.45) is 0. The molecule has 1 atom stereocenters. The van der Waals surface area contributed by atoms with E-state index in [1.54, 1.807) is 31.2 Å². The number of hydrogen-bond acceptors (Lipinski definition) is 8. The van der Waals surface area contributed by atoms with Crippen LogP contribution in [-0.4, -0.2) is 43.1 Å². The molecule has 0 bridgehead atoms. The zero-order valence-corrected chi connectivity index (χ0v) is 23.5. The first-order valence-corrected chi connectivity index (χ1v) is 13.3. The monoisotopic (exact) mass is 556 g/mol. The lowest BCUT2D eigenvalue weighted by Gasteiger charge is -2.28. The number of carbonyl (C=O) groups excluding carboxylic acids is 2. The molecule has 1 unspecified atom stereocenters. The van der Waals surface area contributed by atoms with Gasteiger partial charge in [0.05, 0.1) is 43.5 Å². The molecule has 5 rings (SSSR count). The van der Waals surface area contributed by atoms with Crippen LogP contribution in [-0.2, 0) is 4.79 Å². The van der Waals surface area contributed by atoms with E-state index >= 15 is 0 Å². The molecule has 3 aromatic carbocycles. The smallest absolute Gasteiger partial charge is 0.294 e. The number of aliphatic hydroxyl groups excluding tert-OH is 1. The van der Waals surface area contributed by atoms with Crippen LogP contribution in [0.3, 0.4) is 0 Å². The van der Waals surface area contributed by atoms with Crippen molar-refractivity contribution in [3.8, 4) is 27.8 Å². The Labute approximate surface area is 236 Å². The molecule has 1 aromatic heterocycles. The van der Waals surface area contributed by atoms with E-state index in [1.165, 1.54) is 37.6 Å². The number of aromatic nitrogens is 1. The highest BCUT2D eigenvalue weighted by molar-refractivity contribution is 7.17. The molecule has 1 aliphatic heterocycles. The number of anilines is 1. The molecular formula is C31H28N2O6S. The number of aryl methyl sites for hydroxylation is 2. The Morgan fingerprint density at radius 2 is 1.55 bits per heavy atom. The average Bonchev–Trinajstić information content (AvgIpc) is 3.49. The molecule has 0 saturated carbocycles. The van der Waals surface area contributed by atoms with Crippen molar-refractivity contribution >= 4 is 28.7 Å². The topological polar surface area (TPSA) is 98.2 Å². The minimum Gasteiger partial charge on any atom is -0.503 e. The second kappa shape index (κ2) is 10.9. The maximum atomic E-state index is 14.2. The second-order valence-electron chi connectivity index (χ2n) is 9.26. The van der Waals surface area contributed by atoms with Crippen LogP contribution in [0.4, 0.5) is 5.69 Å². The summed E-state index contributed by atoms with van der Waals surface area (Å²) in [4.78, 5) is 34.2. The fourth-order valence-electron chi connectivity index (χ4n) is 4.82. The molecule has 2 heterocycles. The normalized spacial score (nSPS) is 15.0. The van der Waals surface area contributed by atoms with Crippen LogP contribution in [0.15, 0.2) is 78.1 Å². The summed E-state index contributed by atoms with van der Waals surface area (Å²) in [5.41, 5.74) is 3.36. The quantitative estimate of drug-likeness (QED) is 0.257. The number of nitrogens with zero attached hydrogens (tertiary/aromatic N) is 2. The van der Waals surface area contributed by atoms with Gasteiger partial charge < -0.3 is 19.3 Å². The summed E-state index contributed by atoms with van der Waals surface area (Å²) in [6, 6.07) is 19.2. The fourth-order valence-corrected chi connectivity index (χ4v) is 5.84. The molecule has 0 spiro atoms. The molecule has 0 fully saturated rings. The number of amides is 1. The lowest BCUT2D eigenvalue weighted by Crippen LogP contribution is -2.31. The maximum Gasteiger partial charge on any atom is 0.294 e. The Hall–Kier alpha value is -4.63. The van der Waals surface area contributed by atoms with Gasteiger partial charge in [-0.15, -0.1) is 11.3 Å². The molecule has 0 saturated heterocycles. The van der Waals surface area contributed by atoms with E-state index in [2.05, 4.69) is 4.98 Å². The molecule has 1 N–H and O–H groups in total. The number of ketones is 1. The first-order valence-electron chi connectivity index (χ1n) is 12.5. The van der Waals surface area contributed by atoms with Crippen LogP contribution in [0.5, 0.6) is 17.2 Å². The number of methoxy groups -OCH3 is 3. The standard InChI is InChI=1S/C31H28N2O6S/c1-17-11-13-21(14-12-17)33-25(20-15-22(37-3)28(39-5)23(16-20)38-4)24(27(35)31(33)36)26(34)29-18(2)32-30(40-29)19-9-7-6-8-10-19/h6-16,25,35H,1-5H3. The van der Waals surface area contributed by atoms with Crippen molar-refractivity contribution in [3.63, 3.8) is 0 Å². The van der Waals surface area contributed by atoms with Gasteiger partial charge in [-0.1, -0.05) is 48.0 Å². The highest BCUT2D eigenvalue weighted by Gasteiger charge is 2.46. The van der Waals surface area contributed by atoms with E-state index in [9.17, 15) is 14.7 Å². The maximum absolute atomic E-state index is 14.2. The summed E-state index contributed by atoms with van der Waals surface area (Å²) in [5, 5.41) is 11.9. The van der Waals surface area contributed by atoms with Crippen LogP contribution >= 0.6 is 11.3 Å². The third-order valence-corrected chi connectivity index (χ3v) is 8.00. The number of rotatable bonds is 8. The van der Waals surface area contributed by atoms with Gasteiger partial charge in [0.15, 0.2) is 17.3 Å². The lowest BCUT2D eigenvalue weighted by molar-refractivity contribution is -0.117. The third kappa shape index (κ3) is 4.58. The number of hydrogen-bond donors (Lipinski definition) is 1. The first-order chi connectivity index (χ1) is 19.3. The van der Waals surface area contributed by atoms with E-state index < -0.39 is 23.5 Å². The Morgan fingerprint density at radius 1 is 0.925 bits per heavy atom. The van der Waals surface area contributed by atoms with E-state index in [0.717, 1.165) is 11.1 Å². The van der Waals surface area contributed by atoms with Gasteiger partial charge >= 0.3 is 0 Å². The number of benzene rings is 3. The predicted octanol–water partition coefficient (Wildman–Crippen LogP) is 6.24. The van der Waals surface area contributed by atoms with Crippen molar-refractivity contribution < 1.29 is 28.9 Å². The zero-order valence-electron chi connectivity index (χ0n) is 22.7. The largest absolute Gasteiger partial charge is 0.503 e. The minimum atomic E-state index is -0.974. The van der Waals surface area contributed by atoms with Crippen molar-refractivity contribution in [3.05, 3.63) is 99.8 Å². The van der Waals surface area contributed by atoms with E-state index in [1.807, 2.05) is 49.4 Å². The lowest BCUT2D eigenvalue weighted by atomic mass is 9.94. The minimum absolute atomic E-state index is 0.0498. The Balaban J connectivity index is 1.69. The molecule has 204 valence electrons. The van der Waals surface area contributed by atoms with Crippen LogP contribution in [0.25, 0.3) is 10.6 Å². The predicted molar refractivity (Wildman–Crippen MR) is 154 cm³/mol. The third-order valence-electron chi connectivity index (χ3n) is 6.79. The summed E-state index contributed by atoms with van der Waals surface area (Å²) in [5.74, 6) is -0.698. The Bertz CT molecular complexity index is 1600. The summed E-state index contributed by atoms with van der Waals surface area (Å²) < 4.78 is 16.6. The van der Waals surface area contributed by atoms with E-state index in [0.29, 0.717) is 44.1 Å². The molecular weight excluding hydrogens is 528 g/mol. The molecule has 1 amide bonds. The van der Waals surface area contributed by atoms with Crippen molar-refractivity contribution in [1.82, 2.24) is 4.98 Å². The molecule has 0 aliphatic carbocycles. The van der Waals surface area contributed by atoms with Crippen LogP contribution in [0.1, 0.15) is 32.5 Å². The Morgan fingerprint density at radius 3 is 2.12 bits per heavy atom. The SMILES string of the molecule is COc1cc(C2C(C(=O)c3sc(-c4ccccc4)nc3C)=C(O)C(=O)N2c2ccc(C)cc2)cc(OC)c1OC. The molecule has 9 heteroatoms. The van der Waals surface area contributed by atoms with Crippen molar-refractivity contribution in [2.45, 2.75) is 19.9 Å². The summed E-state index contributed by atoms with van der Waals surface area (Å²) >= 11 is 1.22. The first kappa shape index (κ1) is 27.0. The van der Waals surface area contributed by atoms with Crippen molar-refractivity contribution in [2.75, 3.05) is 26.2 Å². The van der Waals surface area contributed by atoms with Gasteiger partial charge in [0, 0.05) is 11.3 Å². The number of ether oxygens (including phenoxy) is 3. The van der Waals surface area contributed by atoms with Crippen molar-refractivity contribution in [1.29, 1.82) is 0 Å². The molecule has 40 heavy (non-hydrogen) atoms. The van der Waals surface area contributed by atoms with Gasteiger partial charge in [-0.3, -0.25) is 14.5 Å². The van der Waals surface area contributed by atoms with Gasteiger partial charge in [0.2, 0.25) is 11.5 Å². The molecule has 1 aliphatic rings. The highest BCUT2D eigenvalue weighted by Crippen LogP contribution is 2.47. The van der Waals surface area contributed by atoms with Crippen LogP contribution in [0.2, 0.25) is 0 Å². The van der Waals surface area contributed by atoms with E-state index in [4.69, 9.17) is 14.2 Å². The van der Waals surface area contributed by atoms with Gasteiger partial charge in [-0.25, -0.2) is 4.98 Å². The van der Waals surface area contributed by atoms with E-state index in [-0.39, 0.29) is 5.57 Å². The van der Waals surface area contributed by atoms with Crippen molar-refractivity contribution in [2.24, 2.45) is 0 Å². The second-order valence-corrected chi connectivity index (χ2v) is 10.3. The summed E-state index contributed by atoms with van der Waals surface area (Å²) in [7, 11) is 4.48. The van der Waals surface area contributed by atoms with Gasteiger partial charge in [0.1, 0.15) is 5.01 Å². The average molecular weight is 557 g/mol. The molecule has 4 aromatic rings. The van der Waals surface area contributed by atoms with Crippen LogP contribution < -0.4 is 19.1 Å². The van der Waals surface area contributed by atoms with Gasteiger partial charge in [-0.05, 0) is 43.7 Å². The number of carbonyl (C=O) groups is 2. The number of aliphatic hydroxyl groups is 1. The number of Topliss-reactive ketones (excluding diaryl/α,β-unsaturated/α-hetero) is 1. The van der Waals surface area contributed by atoms with Crippen LogP contribution in [0, 0.1) is 13.8 Å². The fraction of sp³-hybridized carbons (Fsp3) is 0.194. The molecule has 0 radical (unpaired) electrons. The number of thiazole rings is 1. The highest BCUT2D eigenvalue weighted by atomic mass is 32.1. The zero-order chi connectivity index (χ0) is 28.6. The van der Waals surface area contributed by atoms with Gasteiger partial charge in [-0.2, -0.15) is 0 Å². The molecule has 8 nitrogen and oxygen atoms in total. The Kier molecular flexibility index (Phi) is 7.32. The summed E-state index contributed by atoms with van der Waals surface area (Å²) in [6.45, 7) is 3.69.